The molecular formula is C14H11ClO2. The first-order valence-electron chi connectivity index (χ1n) is 5.65. The second-order valence-corrected chi connectivity index (χ2v) is 4.68. The molecule has 1 aliphatic carbocycles. The smallest absolute Gasteiger partial charge is 0.198 e. The Kier molecular flexibility index (Phi) is 2.52. The van der Waals surface area contributed by atoms with Crippen LogP contribution in [0.25, 0.3) is 11.1 Å². The van der Waals surface area contributed by atoms with Gasteiger partial charge in [-0.1, -0.05) is 23.7 Å². The average Bonchev–Trinajstić information content (AvgIpc) is 2.75. The van der Waals surface area contributed by atoms with E-state index in [1.54, 1.807) is 6.26 Å². The minimum absolute atomic E-state index is 0.117. The fourth-order valence-electron chi connectivity index (χ4n) is 2.28. The maximum absolute atomic E-state index is 11.7. The number of carbonyl (C=O) groups is 1. The number of hydrogen-bond donors (Lipinski definition) is 0. The first-order valence-corrected chi connectivity index (χ1v) is 6.03. The van der Waals surface area contributed by atoms with Crippen LogP contribution >= 0.6 is 11.6 Å². The van der Waals surface area contributed by atoms with Gasteiger partial charge in [0.15, 0.2) is 11.5 Å². The number of benzene rings is 1. The second kappa shape index (κ2) is 4.04. The predicted octanol–water partition coefficient (Wildman–Crippen LogP) is 4.12. The maximum Gasteiger partial charge on any atom is 0.198 e. The lowest BCUT2D eigenvalue weighted by Gasteiger charge is -2.10. The van der Waals surface area contributed by atoms with Gasteiger partial charge < -0.3 is 4.42 Å². The number of halogens is 1. The van der Waals surface area contributed by atoms with Gasteiger partial charge in [-0.2, -0.15) is 0 Å². The minimum atomic E-state index is 0.117. The topological polar surface area (TPSA) is 30.2 Å². The third kappa shape index (κ3) is 1.79. The molecule has 17 heavy (non-hydrogen) atoms. The van der Waals surface area contributed by atoms with Crippen LogP contribution in [0.4, 0.5) is 0 Å². The number of fused-ring (bicyclic) bond motifs is 1. The zero-order chi connectivity index (χ0) is 11.8. The molecule has 0 bridgehead atoms. The quantitative estimate of drug-likeness (QED) is 0.758. The van der Waals surface area contributed by atoms with E-state index in [0.717, 1.165) is 29.5 Å². The van der Waals surface area contributed by atoms with Crippen LogP contribution in [0.5, 0.6) is 0 Å². The number of Topliss-reactive ketones (excluding diaryl/α,β-unsaturated/α-hetero) is 1. The fraction of sp³-hybridized carbons (Fsp3) is 0.214. The molecule has 86 valence electrons. The van der Waals surface area contributed by atoms with Gasteiger partial charge in [-0.3, -0.25) is 4.79 Å². The Morgan fingerprint density at radius 1 is 1.12 bits per heavy atom. The zero-order valence-corrected chi connectivity index (χ0v) is 9.96. The van der Waals surface area contributed by atoms with Crippen LogP contribution in [-0.4, -0.2) is 5.78 Å². The highest BCUT2D eigenvalue weighted by atomic mass is 35.5. The molecule has 0 saturated heterocycles. The molecule has 0 atom stereocenters. The third-order valence-electron chi connectivity index (χ3n) is 3.13. The lowest BCUT2D eigenvalue weighted by molar-refractivity contribution is 0.0944. The van der Waals surface area contributed by atoms with Crippen LogP contribution < -0.4 is 0 Å². The predicted molar refractivity (Wildman–Crippen MR) is 66.4 cm³/mol. The highest BCUT2D eigenvalue weighted by Gasteiger charge is 2.24. The molecule has 0 unspecified atom stereocenters. The lowest BCUT2D eigenvalue weighted by Crippen LogP contribution is -2.08. The van der Waals surface area contributed by atoms with Gasteiger partial charge in [-0.05, 0) is 30.5 Å². The van der Waals surface area contributed by atoms with E-state index in [2.05, 4.69) is 0 Å². The van der Waals surface area contributed by atoms with E-state index in [-0.39, 0.29) is 5.78 Å². The van der Waals surface area contributed by atoms with Gasteiger partial charge in [0.2, 0.25) is 0 Å². The van der Waals surface area contributed by atoms with Crippen LogP contribution in [0.15, 0.2) is 34.9 Å². The van der Waals surface area contributed by atoms with Crippen LogP contribution in [0.3, 0.4) is 0 Å². The van der Waals surface area contributed by atoms with E-state index in [0.29, 0.717) is 17.2 Å². The number of rotatable bonds is 1. The summed E-state index contributed by atoms with van der Waals surface area (Å²) in [7, 11) is 0. The van der Waals surface area contributed by atoms with Crippen LogP contribution in [0, 0.1) is 0 Å². The van der Waals surface area contributed by atoms with Gasteiger partial charge in [0.25, 0.3) is 0 Å². The molecule has 0 aliphatic heterocycles. The highest BCUT2D eigenvalue weighted by molar-refractivity contribution is 6.30. The SMILES string of the molecule is O=C1CCCc2c(-c3ccc(Cl)cc3)coc21. The molecule has 0 spiro atoms. The number of ketones is 1. The van der Waals surface area contributed by atoms with E-state index in [4.69, 9.17) is 16.0 Å². The Hall–Kier alpha value is -1.54. The van der Waals surface area contributed by atoms with E-state index >= 15 is 0 Å². The molecule has 2 nitrogen and oxygen atoms in total. The summed E-state index contributed by atoms with van der Waals surface area (Å²) < 4.78 is 5.40. The summed E-state index contributed by atoms with van der Waals surface area (Å²) in [5.74, 6) is 0.660. The third-order valence-corrected chi connectivity index (χ3v) is 3.38. The monoisotopic (exact) mass is 246 g/mol. The van der Waals surface area contributed by atoms with Crippen molar-refractivity contribution in [2.45, 2.75) is 19.3 Å². The minimum Gasteiger partial charge on any atom is -0.460 e. The first kappa shape index (κ1) is 10.6. The Morgan fingerprint density at radius 2 is 1.88 bits per heavy atom. The molecule has 1 aliphatic rings. The zero-order valence-electron chi connectivity index (χ0n) is 9.20. The van der Waals surface area contributed by atoms with Gasteiger partial charge in [-0.15, -0.1) is 0 Å². The molecule has 0 saturated carbocycles. The highest BCUT2D eigenvalue weighted by Crippen LogP contribution is 2.33. The number of carbonyl (C=O) groups excluding carboxylic acids is 1. The van der Waals surface area contributed by atoms with Crippen molar-refractivity contribution in [1.29, 1.82) is 0 Å². The van der Waals surface area contributed by atoms with Crippen LogP contribution in [0.2, 0.25) is 5.02 Å². The van der Waals surface area contributed by atoms with Gasteiger partial charge in [0.05, 0.1) is 6.26 Å². The Bertz CT molecular complexity index is 566. The van der Waals surface area contributed by atoms with Gasteiger partial charge >= 0.3 is 0 Å². The van der Waals surface area contributed by atoms with Crippen molar-refractivity contribution in [3.05, 3.63) is 46.9 Å². The summed E-state index contributed by atoms with van der Waals surface area (Å²) in [6.45, 7) is 0. The summed E-state index contributed by atoms with van der Waals surface area (Å²) in [4.78, 5) is 11.7. The van der Waals surface area contributed by atoms with Gasteiger partial charge in [0, 0.05) is 22.6 Å². The molecule has 1 aromatic heterocycles. The number of furan rings is 1. The van der Waals surface area contributed by atoms with Crippen LogP contribution in [0.1, 0.15) is 29.0 Å². The average molecular weight is 247 g/mol. The normalized spacial score (nSPS) is 14.8. The summed E-state index contributed by atoms with van der Waals surface area (Å²) in [6, 6.07) is 7.60. The summed E-state index contributed by atoms with van der Waals surface area (Å²) in [5.41, 5.74) is 3.11. The Balaban J connectivity index is 2.10. The molecule has 3 heteroatoms. The van der Waals surface area contributed by atoms with E-state index < -0.39 is 0 Å². The summed E-state index contributed by atoms with van der Waals surface area (Å²) in [6.07, 6.45) is 4.10. The lowest BCUT2D eigenvalue weighted by atomic mass is 9.92. The first-order chi connectivity index (χ1) is 8.25. The molecule has 1 aromatic carbocycles. The van der Waals surface area contributed by atoms with E-state index in [1.165, 1.54) is 0 Å². The van der Waals surface area contributed by atoms with Crippen molar-refractivity contribution in [2.24, 2.45) is 0 Å². The Morgan fingerprint density at radius 3 is 2.65 bits per heavy atom. The molecule has 0 radical (unpaired) electrons. The molecular weight excluding hydrogens is 236 g/mol. The second-order valence-electron chi connectivity index (χ2n) is 4.24. The molecule has 0 amide bonds. The van der Waals surface area contributed by atoms with Crippen LogP contribution in [-0.2, 0) is 6.42 Å². The molecule has 0 N–H and O–H groups in total. The largest absolute Gasteiger partial charge is 0.460 e. The van der Waals surface area contributed by atoms with Crippen molar-refractivity contribution < 1.29 is 9.21 Å². The Labute approximate surface area is 104 Å². The summed E-state index contributed by atoms with van der Waals surface area (Å²) in [5, 5.41) is 0.710. The standard InChI is InChI=1S/C14H11ClO2/c15-10-6-4-9(5-7-10)12-8-17-14-11(12)2-1-3-13(14)16/h4-8H,1-3H2. The van der Waals surface area contributed by atoms with Crippen molar-refractivity contribution in [3.63, 3.8) is 0 Å². The van der Waals surface area contributed by atoms with Gasteiger partial charge in [-0.25, -0.2) is 0 Å². The fourth-order valence-corrected chi connectivity index (χ4v) is 2.40. The van der Waals surface area contributed by atoms with Crippen molar-refractivity contribution in [3.8, 4) is 11.1 Å². The molecule has 2 aromatic rings. The van der Waals surface area contributed by atoms with Gasteiger partial charge in [0.1, 0.15) is 0 Å². The van der Waals surface area contributed by atoms with Crippen molar-refractivity contribution in [1.82, 2.24) is 0 Å². The summed E-state index contributed by atoms with van der Waals surface area (Å²) >= 11 is 5.86. The molecule has 1 heterocycles. The molecule has 3 rings (SSSR count). The van der Waals surface area contributed by atoms with Crippen molar-refractivity contribution >= 4 is 17.4 Å². The number of hydrogen-bond acceptors (Lipinski definition) is 2. The van der Waals surface area contributed by atoms with E-state index in [1.807, 2.05) is 24.3 Å². The molecule has 0 fully saturated rings. The van der Waals surface area contributed by atoms with Crippen molar-refractivity contribution in [2.75, 3.05) is 0 Å². The maximum atomic E-state index is 11.7. The van der Waals surface area contributed by atoms with E-state index in [9.17, 15) is 4.79 Å².